The van der Waals surface area contributed by atoms with E-state index in [1.165, 1.54) is 12.1 Å². The van der Waals surface area contributed by atoms with E-state index in [0.29, 0.717) is 11.5 Å². The fourth-order valence-corrected chi connectivity index (χ4v) is 1.46. The lowest BCUT2D eigenvalue weighted by atomic mass is 10.2. The Morgan fingerprint density at radius 3 is 2.77 bits per heavy atom. The molecule has 0 fully saturated rings. The van der Waals surface area contributed by atoms with Gasteiger partial charge in [-0.2, -0.15) is 0 Å². The number of carboxylic acid groups (broad SMARTS) is 1. The zero-order valence-electron chi connectivity index (χ0n) is 6.36. The van der Waals surface area contributed by atoms with Crippen LogP contribution in [0, 0.1) is 0 Å². The molecule has 1 N–H and O–H groups in total. The maximum Gasteiger partial charge on any atom is 0.335 e. The molecule has 1 atom stereocenters. The van der Waals surface area contributed by atoms with Crippen LogP contribution in [-0.2, 0) is 0 Å². The average Bonchev–Trinajstić information content (AvgIpc) is 2.42. The Hall–Kier alpha value is -1.23. The molecular weight excluding hydrogens is 240 g/mol. The number of alkyl halides is 1. The Morgan fingerprint density at radius 2 is 2.08 bits per heavy atom. The van der Waals surface area contributed by atoms with Gasteiger partial charge in [0.25, 0.3) is 5.20 Å². The third-order valence-corrected chi connectivity index (χ3v) is 2.00. The number of carboxylic acids is 1. The predicted molar refractivity (Wildman–Crippen MR) is 47.4 cm³/mol. The van der Waals surface area contributed by atoms with Gasteiger partial charge in [0.05, 0.1) is 5.56 Å². The van der Waals surface area contributed by atoms with Crippen molar-refractivity contribution in [1.82, 2.24) is 0 Å². The number of carbonyl (C=O) groups is 1. The first-order chi connectivity index (χ1) is 6.16. The molecule has 0 radical (unpaired) electrons. The van der Waals surface area contributed by atoms with Gasteiger partial charge in [-0.05, 0) is 18.2 Å². The summed E-state index contributed by atoms with van der Waals surface area (Å²) in [5.74, 6) is 0.0121. The summed E-state index contributed by atoms with van der Waals surface area (Å²) in [7, 11) is 0. The molecule has 0 aliphatic carbocycles. The van der Waals surface area contributed by atoms with Crippen molar-refractivity contribution >= 4 is 21.9 Å². The standard InChI is InChI=1S/C8H5BrO4/c9-8-12-5-2-1-4(7(10)11)3-6(5)13-8/h1-3,8H,(H,10,11). The SMILES string of the molecule is O=C(O)c1ccc2c(c1)OC(Br)O2. The van der Waals surface area contributed by atoms with Gasteiger partial charge in [0.15, 0.2) is 11.5 Å². The van der Waals surface area contributed by atoms with Crippen LogP contribution >= 0.6 is 15.9 Å². The third kappa shape index (κ3) is 1.47. The zero-order valence-corrected chi connectivity index (χ0v) is 7.95. The van der Waals surface area contributed by atoms with Crippen LogP contribution in [0.15, 0.2) is 18.2 Å². The van der Waals surface area contributed by atoms with Crippen molar-refractivity contribution in [3.63, 3.8) is 0 Å². The minimum atomic E-state index is -0.982. The molecule has 0 amide bonds. The summed E-state index contributed by atoms with van der Waals surface area (Å²) in [4.78, 5) is 10.6. The number of hydrogen-bond acceptors (Lipinski definition) is 3. The van der Waals surface area contributed by atoms with E-state index in [1.54, 1.807) is 6.07 Å². The third-order valence-electron chi connectivity index (χ3n) is 1.63. The van der Waals surface area contributed by atoms with Crippen LogP contribution in [-0.4, -0.2) is 16.3 Å². The molecule has 68 valence electrons. The second-order valence-corrected chi connectivity index (χ2v) is 3.22. The molecule has 0 saturated carbocycles. The maximum atomic E-state index is 10.6. The molecule has 1 aromatic rings. The van der Waals surface area contributed by atoms with E-state index in [1.807, 2.05) is 0 Å². The zero-order chi connectivity index (χ0) is 9.42. The van der Waals surface area contributed by atoms with E-state index < -0.39 is 11.2 Å². The fraction of sp³-hybridized carbons (Fsp3) is 0.125. The van der Waals surface area contributed by atoms with Gasteiger partial charge >= 0.3 is 5.97 Å². The number of ether oxygens (including phenoxy) is 2. The lowest BCUT2D eigenvalue weighted by Crippen LogP contribution is -2.06. The first kappa shape index (κ1) is 8.37. The van der Waals surface area contributed by atoms with Gasteiger partial charge in [-0.25, -0.2) is 4.79 Å². The van der Waals surface area contributed by atoms with Crippen molar-refractivity contribution in [3.05, 3.63) is 23.8 Å². The molecule has 0 saturated heterocycles. The van der Waals surface area contributed by atoms with Crippen molar-refractivity contribution < 1.29 is 19.4 Å². The van der Waals surface area contributed by atoms with Gasteiger partial charge in [0.2, 0.25) is 0 Å². The van der Waals surface area contributed by atoms with Crippen LogP contribution in [0.5, 0.6) is 11.5 Å². The number of fused-ring (bicyclic) bond motifs is 1. The summed E-state index contributed by atoms with van der Waals surface area (Å²) in [5.41, 5.74) is 0.184. The first-order valence-electron chi connectivity index (χ1n) is 3.51. The number of halogens is 1. The number of hydrogen-bond donors (Lipinski definition) is 1. The summed E-state index contributed by atoms with van der Waals surface area (Å²) in [5, 5.41) is 8.15. The minimum absolute atomic E-state index is 0.184. The summed E-state index contributed by atoms with van der Waals surface area (Å²) in [6.45, 7) is 0. The van der Waals surface area contributed by atoms with Gasteiger partial charge in [-0.1, -0.05) is 0 Å². The molecule has 1 aliphatic heterocycles. The van der Waals surface area contributed by atoms with Crippen LogP contribution in [0.4, 0.5) is 0 Å². The van der Waals surface area contributed by atoms with Crippen molar-refractivity contribution in [2.45, 2.75) is 5.20 Å². The number of rotatable bonds is 1. The molecule has 1 aromatic carbocycles. The minimum Gasteiger partial charge on any atom is -0.478 e. The van der Waals surface area contributed by atoms with Crippen LogP contribution in [0.1, 0.15) is 10.4 Å². The van der Waals surface area contributed by atoms with E-state index >= 15 is 0 Å². The Morgan fingerprint density at radius 1 is 1.38 bits per heavy atom. The summed E-state index contributed by atoms with van der Waals surface area (Å²) in [6.07, 6.45) is 0. The fourth-order valence-electron chi connectivity index (χ4n) is 1.05. The van der Waals surface area contributed by atoms with Gasteiger partial charge in [0, 0.05) is 15.9 Å². The van der Waals surface area contributed by atoms with E-state index in [9.17, 15) is 4.79 Å². The molecule has 0 bridgehead atoms. The average molecular weight is 245 g/mol. The topological polar surface area (TPSA) is 55.8 Å². The maximum absolute atomic E-state index is 10.6. The highest BCUT2D eigenvalue weighted by atomic mass is 79.9. The van der Waals surface area contributed by atoms with Crippen molar-refractivity contribution in [2.75, 3.05) is 0 Å². The quantitative estimate of drug-likeness (QED) is 0.767. The Kier molecular flexibility index (Phi) is 1.88. The van der Waals surface area contributed by atoms with Gasteiger partial charge in [-0.3, -0.25) is 0 Å². The smallest absolute Gasteiger partial charge is 0.335 e. The highest BCUT2D eigenvalue weighted by molar-refractivity contribution is 9.09. The van der Waals surface area contributed by atoms with Crippen LogP contribution < -0.4 is 9.47 Å². The largest absolute Gasteiger partial charge is 0.478 e. The lowest BCUT2D eigenvalue weighted by molar-refractivity contribution is 0.0696. The second kappa shape index (κ2) is 2.92. The van der Waals surface area contributed by atoms with E-state index in [-0.39, 0.29) is 5.56 Å². The highest BCUT2D eigenvalue weighted by Gasteiger charge is 2.22. The molecule has 2 rings (SSSR count). The van der Waals surface area contributed by atoms with E-state index in [4.69, 9.17) is 14.6 Å². The molecule has 1 heterocycles. The Labute approximate surface area is 82.2 Å². The molecule has 0 aromatic heterocycles. The summed E-state index contributed by atoms with van der Waals surface area (Å²) >= 11 is 3.09. The lowest BCUT2D eigenvalue weighted by Gasteiger charge is -1.97. The number of benzene rings is 1. The Balaban J connectivity index is 2.40. The molecular formula is C8H5BrO4. The van der Waals surface area contributed by atoms with Gasteiger partial charge in [0.1, 0.15) is 0 Å². The van der Waals surface area contributed by atoms with Crippen LogP contribution in [0.2, 0.25) is 0 Å². The van der Waals surface area contributed by atoms with Crippen molar-refractivity contribution in [3.8, 4) is 11.5 Å². The number of aromatic carboxylic acids is 1. The molecule has 13 heavy (non-hydrogen) atoms. The predicted octanol–water partition coefficient (Wildman–Crippen LogP) is 1.83. The molecule has 5 heteroatoms. The molecule has 0 spiro atoms. The van der Waals surface area contributed by atoms with Crippen molar-refractivity contribution in [1.29, 1.82) is 0 Å². The summed E-state index contributed by atoms with van der Waals surface area (Å²) < 4.78 is 10.3. The molecule has 1 unspecified atom stereocenters. The van der Waals surface area contributed by atoms with E-state index in [2.05, 4.69) is 15.9 Å². The monoisotopic (exact) mass is 244 g/mol. The highest BCUT2D eigenvalue weighted by Crippen LogP contribution is 2.36. The normalized spacial score (nSPS) is 18.7. The first-order valence-corrected chi connectivity index (χ1v) is 4.43. The molecule has 1 aliphatic rings. The van der Waals surface area contributed by atoms with E-state index in [0.717, 1.165) is 0 Å². The van der Waals surface area contributed by atoms with Gasteiger partial charge < -0.3 is 14.6 Å². The molecule has 4 nitrogen and oxygen atoms in total. The Bertz CT molecular complexity index is 363. The van der Waals surface area contributed by atoms with Crippen LogP contribution in [0.25, 0.3) is 0 Å². The summed E-state index contributed by atoms with van der Waals surface area (Å²) in [6, 6.07) is 4.47. The van der Waals surface area contributed by atoms with Crippen LogP contribution in [0.3, 0.4) is 0 Å². The second-order valence-electron chi connectivity index (χ2n) is 2.48. The van der Waals surface area contributed by atoms with Gasteiger partial charge in [-0.15, -0.1) is 0 Å². The van der Waals surface area contributed by atoms with Crippen molar-refractivity contribution in [2.24, 2.45) is 0 Å².